The maximum Gasteiger partial charge on any atom is 0.312 e. The highest BCUT2D eigenvalue weighted by Gasteiger charge is 2.22. The van der Waals surface area contributed by atoms with Crippen LogP contribution in [0, 0.1) is 11.7 Å². The predicted molar refractivity (Wildman–Crippen MR) is 98.6 cm³/mol. The van der Waals surface area contributed by atoms with E-state index in [1.165, 1.54) is 12.1 Å². The summed E-state index contributed by atoms with van der Waals surface area (Å²) in [6.45, 7) is 3.95. The van der Waals surface area contributed by atoms with Gasteiger partial charge in [0.2, 0.25) is 5.91 Å². The summed E-state index contributed by atoms with van der Waals surface area (Å²) in [5, 5.41) is 5.58. The Morgan fingerprint density at radius 1 is 0.962 bits per heavy atom. The van der Waals surface area contributed by atoms with Crippen LogP contribution in [0.25, 0.3) is 0 Å². The third-order valence-corrected chi connectivity index (χ3v) is 4.12. The molecule has 0 radical (unpaired) electrons. The van der Waals surface area contributed by atoms with Crippen LogP contribution in [0.15, 0.2) is 54.6 Å². The summed E-state index contributed by atoms with van der Waals surface area (Å²) in [5.74, 6) is -0.434. The van der Waals surface area contributed by atoms with Gasteiger partial charge in [-0.05, 0) is 29.2 Å². The molecular weight excluding hydrogens is 333 g/mol. The van der Waals surface area contributed by atoms with E-state index in [0.29, 0.717) is 0 Å². The lowest BCUT2D eigenvalue weighted by Crippen LogP contribution is -2.38. The molecule has 0 spiro atoms. The van der Waals surface area contributed by atoms with Gasteiger partial charge in [0.25, 0.3) is 0 Å². The number of urea groups is 1. The second-order valence-corrected chi connectivity index (χ2v) is 6.52. The Kier molecular flexibility index (Phi) is 6.72. The number of halogens is 1. The van der Waals surface area contributed by atoms with Gasteiger partial charge in [-0.15, -0.1) is 0 Å². The minimum absolute atomic E-state index is 0.0529. The van der Waals surface area contributed by atoms with Gasteiger partial charge in [-0.1, -0.05) is 56.3 Å². The molecule has 26 heavy (non-hydrogen) atoms. The van der Waals surface area contributed by atoms with Crippen LogP contribution in [0.3, 0.4) is 0 Å². The maximum absolute atomic E-state index is 13.2. The molecule has 0 saturated heterocycles. The number of rotatable bonds is 7. The monoisotopic (exact) mass is 357 g/mol. The van der Waals surface area contributed by atoms with Gasteiger partial charge in [-0.25, -0.2) is 9.18 Å². The van der Waals surface area contributed by atoms with Crippen molar-refractivity contribution in [2.75, 3.05) is 0 Å². The Bertz CT molecular complexity index is 732. The molecule has 2 atom stereocenters. The predicted octanol–water partition coefficient (Wildman–Crippen LogP) is 3.44. The molecule has 138 valence electrons. The zero-order chi connectivity index (χ0) is 19.1. The van der Waals surface area contributed by atoms with Crippen LogP contribution >= 0.6 is 0 Å². The van der Waals surface area contributed by atoms with Crippen LogP contribution in [0.2, 0.25) is 0 Å². The van der Waals surface area contributed by atoms with E-state index >= 15 is 0 Å². The minimum atomic E-state index is -0.689. The van der Waals surface area contributed by atoms with Gasteiger partial charge in [0.05, 0.1) is 18.5 Å². The number of carbonyl (C=O) groups is 2. The zero-order valence-electron chi connectivity index (χ0n) is 14.9. The molecule has 0 aromatic heterocycles. The van der Waals surface area contributed by atoms with Crippen molar-refractivity contribution in [1.82, 2.24) is 10.6 Å². The number of benzene rings is 2. The van der Waals surface area contributed by atoms with Gasteiger partial charge in [-0.3, -0.25) is 4.79 Å². The van der Waals surface area contributed by atoms with Gasteiger partial charge in [0, 0.05) is 0 Å². The molecule has 2 aromatic carbocycles. The van der Waals surface area contributed by atoms with Crippen molar-refractivity contribution < 1.29 is 14.0 Å². The van der Waals surface area contributed by atoms with Crippen LogP contribution in [-0.2, 0) is 4.79 Å². The van der Waals surface area contributed by atoms with Gasteiger partial charge in [-0.2, -0.15) is 0 Å². The largest absolute Gasteiger partial charge is 0.352 e. The zero-order valence-corrected chi connectivity index (χ0v) is 14.9. The first-order valence-electron chi connectivity index (χ1n) is 8.52. The van der Waals surface area contributed by atoms with Gasteiger partial charge >= 0.3 is 6.03 Å². The molecule has 4 N–H and O–H groups in total. The third-order valence-electron chi connectivity index (χ3n) is 4.12. The number of amides is 3. The summed E-state index contributed by atoms with van der Waals surface area (Å²) in [4.78, 5) is 23.9. The Balaban J connectivity index is 2.12. The number of nitrogens with two attached hydrogens (primary N) is 1. The average molecular weight is 357 g/mol. The summed E-state index contributed by atoms with van der Waals surface area (Å²) >= 11 is 0. The van der Waals surface area contributed by atoms with Gasteiger partial charge in [0.15, 0.2) is 0 Å². The molecule has 3 amide bonds. The molecule has 2 unspecified atom stereocenters. The Morgan fingerprint density at radius 3 is 2.12 bits per heavy atom. The van der Waals surface area contributed by atoms with Gasteiger partial charge in [0.1, 0.15) is 5.82 Å². The summed E-state index contributed by atoms with van der Waals surface area (Å²) in [6, 6.07) is 13.8. The van der Waals surface area contributed by atoms with Crippen molar-refractivity contribution in [3.63, 3.8) is 0 Å². The quantitative estimate of drug-likeness (QED) is 0.709. The molecule has 0 aliphatic carbocycles. The van der Waals surface area contributed by atoms with E-state index in [1.54, 1.807) is 12.1 Å². The van der Waals surface area contributed by atoms with Crippen LogP contribution in [0.1, 0.15) is 43.5 Å². The summed E-state index contributed by atoms with van der Waals surface area (Å²) in [5.41, 5.74) is 6.87. The SMILES string of the molecule is CC(C)C(NC(=O)CC(NC(N)=O)c1ccccc1)c1ccc(F)cc1. The van der Waals surface area contributed by atoms with Crippen LogP contribution in [-0.4, -0.2) is 11.9 Å². The van der Waals surface area contributed by atoms with E-state index in [1.807, 2.05) is 44.2 Å². The normalized spacial score (nSPS) is 13.1. The summed E-state index contributed by atoms with van der Waals surface area (Å²) in [6.07, 6.45) is 0.0529. The van der Waals surface area contributed by atoms with E-state index in [-0.39, 0.29) is 30.1 Å². The van der Waals surface area contributed by atoms with E-state index in [9.17, 15) is 14.0 Å². The molecule has 2 aromatic rings. The highest BCUT2D eigenvalue weighted by Crippen LogP contribution is 2.23. The van der Waals surface area contributed by atoms with Crippen molar-refractivity contribution in [2.45, 2.75) is 32.4 Å². The standard InChI is InChI=1S/C20H24FN3O2/c1-13(2)19(15-8-10-16(21)11-9-15)24-18(25)12-17(23-20(22)26)14-6-4-3-5-7-14/h3-11,13,17,19H,12H2,1-2H3,(H,24,25)(H3,22,23,26). The van der Waals surface area contributed by atoms with Crippen LogP contribution in [0.4, 0.5) is 9.18 Å². The number of hydrogen-bond acceptors (Lipinski definition) is 2. The number of primary amides is 1. The molecule has 6 heteroatoms. The molecule has 5 nitrogen and oxygen atoms in total. The topological polar surface area (TPSA) is 84.2 Å². The number of hydrogen-bond donors (Lipinski definition) is 3. The average Bonchev–Trinajstić information content (AvgIpc) is 2.60. The fourth-order valence-electron chi connectivity index (χ4n) is 2.83. The van der Waals surface area contributed by atoms with Crippen LogP contribution in [0.5, 0.6) is 0 Å². The minimum Gasteiger partial charge on any atom is -0.352 e. The maximum atomic E-state index is 13.2. The first kappa shape index (κ1) is 19.4. The Morgan fingerprint density at radius 2 is 1.58 bits per heavy atom. The Labute approximate surface area is 152 Å². The molecule has 0 fully saturated rings. The fourth-order valence-corrected chi connectivity index (χ4v) is 2.83. The smallest absolute Gasteiger partial charge is 0.312 e. The second kappa shape index (κ2) is 8.99. The van der Waals surface area contributed by atoms with Crippen molar-refractivity contribution in [3.8, 4) is 0 Å². The first-order valence-corrected chi connectivity index (χ1v) is 8.52. The Hall–Kier alpha value is -2.89. The van der Waals surface area contributed by atoms with Crippen LogP contribution < -0.4 is 16.4 Å². The molecule has 0 heterocycles. The van der Waals surface area contributed by atoms with E-state index < -0.39 is 12.1 Å². The van der Waals surface area contributed by atoms with E-state index in [2.05, 4.69) is 10.6 Å². The second-order valence-electron chi connectivity index (χ2n) is 6.52. The summed E-state index contributed by atoms with van der Waals surface area (Å²) in [7, 11) is 0. The molecule has 0 saturated carbocycles. The third kappa shape index (κ3) is 5.58. The number of carbonyl (C=O) groups excluding carboxylic acids is 2. The summed E-state index contributed by atoms with van der Waals surface area (Å²) < 4.78 is 13.2. The lowest BCUT2D eigenvalue weighted by molar-refractivity contribution is -0.122. The molecule has 2 rings (SSSR count). The van der Waals surface area contributed by atoms with E-state index in [0.717, 1.165) is 11.1 Å². The van der Waals surface area contributed by atoms with Crippen molar-refractivity contribution in [2.24, 2.45) is 11.7 Å². The highest BCUT2D eigenvalue weighted by atomic mass is 19.1. The molecule has 0 aliphatic heterocycles. The molecule has 0 bridgehead atoms. The van der Waals surface area contributed by atoms with Crippen molar-refractivity contribution >= 4 is 11.9 Å². The lowest BCUT2D eigenvalue weighted by atomic mass is 9.95. The molecule has 0 aliphatic rings. The highest BCUT2D eigenvalue weighted by molar-refractivity contribution is 5.79. The van der Waals surface area contributed by atoms with Crippen molar-refractivity contribution in [3.05, 3.63) is 71.5 Å². The number of nitrogens with one attached hydrogen (secondary N) is 2. The van der Waals surface area contributed by atoms with E-state index in [4.69, 9.17) is 5.73 Å². The molecular formula is C20H24FN3O2. The first-order chi connectivity index (χ1) is 12.4. The van der Waals surface area contributed by atoms with Gasteiger partial charge < -0.3 is 16.4 Å². The lowest BCUT2D eigenvalue weighted by Gasteiger charge is -2.25. The fraction of sp³-hybridized carbons (Fsp3) is 0.300. The van der Waals surface area contributed by atoms with Crippen molar-refractivity contribution in [1.29, 1.82) is 0 Å².